The van der Waals surface area contributed by atoms with E-state index in [0.717, 1.165) is 21.5 Å². The zero-order valence-corrected chi connectivity index (χ0v) is 16.5. The second kappa shape index (κ2) is 7.93. The second-order valence-electron chi connectivity index (χ2n) is 6.56. The number of pyridine rings is 1. The molecule has 3 heterocycles. The molecule has 1 aliphatic heterocycles. The van der Waals surface area contributed by atoms with Crippen LogP contribution in [-0.2, 0) is 16.1 Å². The molecule has 1 N–H and O–H groups in total. The van der Waals surface area contributed by atoms with Gasteiger partial charge in [0, 0.05) is 53.8 Å². The number of hydrogen-bond donors (Lipinski definition) is 1. The highest BCUT2D eigenvalue weighted by atomic mass is 79.9. The number of carbonyl (C=O) groups excluding carboxylic acids is 2. The minimum absolute atomic E-state index is 0.0428. The summed E-state index contributed by atoms with van der Waals surface area (Å²) in [5, 5.41) is 2.95. The summed E-state index contributed by atoms with van der Waals surface area (Å²) in [6.45, 7) is 0.713. The molecule has 1 saturated heterocycles. The van der Waals surface area contributed by atoms with Crippen LogP contribution in [0.4, 0.5) is 5.69 Å². The van der Waals surface area contributed by atoms with E-state index in [1.54, 1.807) is 34.4 Å². The second-order valence-corrected chi connectivity index (χ2v) is 7.47. The third kappa shape index (κ3) is 3.82. The molecular weight excluding hydrogens is 422 g/mol. The molecule has 1 aromatic carbocycles. The highest BCUT2D eigenvalue weighted by Gasteiger charge is 2.35. The lowest BCUT2D eigenvalue weighted by atomic mass is 10.1. The molecule has 4 rings (SSSR count). The molecule has 7 nitrogen and oxygen atoms in total. The normalized spacial score (nSPS) is 16.4. The average molecular weight is 440 g/mol. The molecule has 1 atom stereocenters. The fourth-order valence-electron chi connectivity index (χ4n) is 3.29. The molecule has 0 bridgehead atoms. The van der Waals surface area contributed by atoms with Crippen molar-refractivity contribution in [3.05, 3.63) is 71.4 Å². The number of amides is 2. The zero-order chi connectivity index (χ0) is 19.5. The molecular formula is C20H18BrN5O2. The molecule has 2 amide bonds. The Kier molecular flexibility index (Phi) is 5.21. The lowest BCUT2D eigenvalue weighted by molar-refractivity contribution is -0.126. The van der Waals surface area contributed by atoms with Crippen molar-refractivity contribution in [2.75, 3.05) is 11.4 Å². The van der Waals surface area contributed by atoms with E-state index in [1.165, 1.54) is 0 Å². The van der Waals surface area contributed by atoms with E-state index < -0.39 is 0 Å². The van der Waals surface area contributed by atoms with E-state index in [9.17, 15) is 9.59 Å². The van der Waals surface area contributed by atoms with Gasteiger partial charge < -0.3 is 10.2 Å². The van der Waals surface area contributed by atoms with Crippen molar-refractivity contribution in [2.24, 2.45) is 5.92 Å². The van der Waals surface area contributed by atoms with Crippen LogP contribution in [0.25, 0.3) is 5.82 Å². The number of aromatic nitrogens is 3. The first kappa shape index (κ1) is 18.4. The maximum absolute atomic E-state index is 12.7. The van der Waals surface area contributed by atoms with Crippen molar-refractivity contribution < 1.29 is 9.59 Å². The van der Waals surface area contributed by atoms with Gasteiger partial charge in [0.25, 0.3) is 0 Å². The fourth-order valence-corrected chi connectivity index (χ4v) is 3.68. The van der Waals surface area contributed by atoms with Gasteiger partial charge in [-0.25, -0.2) is 9.97 Å². The molecule has 0 spiro atoms. The van der Waals surface area contributed by atoms with Gasteiger partial charge in [-0.05, 0) is 24.3 Å². The van der Waals surface area contributed by atoms with E-state index in [1.807, 2.05) is 36.4 Å². The highest BCUT2D eigenvalue weighted by molar-refractivity contribution is 9.10. The summed E-state index contributed by atoms with van der Waals surface area (Å²) in [5.74, 6) is 0.170. The first-order chi connectivity index (χ1) is 13.6. The first-order valence-electron chi connectivity index (χ1n) is 8.87. The van der Waals surface area contributed by atoms with Crippen LogP contribution in [-0.4, -0.2) is 32.9 Å². The van der Waals surface area contributed by atoms with Gasteiger partial charge in [0.15, 0.2) is 0 Å². The summed E-state index contributed by atoms with van der Waals surface area (Å²) in [4.78, 5) is 35.1. The Morgan fingerprint density at radius 3 is 2.93 bits per heavy atom. The molecule has 1 aliphatic rings. The van der Waals surface area contributed by atoms with Crippen molar-refractivity contribution in [2.45, 2.75) is 13.0 Å². The average Bonchev–Trinajstić information content (AvgIpc) is 3.36. The van der Waals surface area contributed by atoms with Gasteiger partial charge in [0.2, 0.25) is 11.8 Å². The maximum atomic E-state index is 12.7. The fraction of sp³-hybridized carbons (Fsp3) is 0.200. The van der Waals surface area contributed by atoms with Gasteiger partial charge >= 0.3 is 0 Å². The molecule has 1 fully saturated rings. The predicted molar refractivity (Wildman–Crippen MR) is 108 cm³/mol. The number of carbonyl (C=O) groups is 2. The van der Waals surface area contributed by atoms with Crippen LogP contribution in [0.2, 0.25) is 0 Å². The number of hydrogen-bond acceptors (Lipinski definition) is 4. The van der Waals surface area contributed by atoms with E-state index in [2.05, 4.69) is 31.2 Å². The van der Waals surface area contributed by atoms with Crippen LogP contribution in [0, 0.1) is 5.92 Å². The molecule has 3 aromatic rings. The summed E-state index contributed by atoms with van der Waals surface area (Å²) in [6, 6.07) is 11.3. The highest BCUT2D eigenvalue weighted by Crippen LogP contribution is 2.27. The van der Waals surface area contributed by atoms with Crippen LogP contribution in [0.15, 0.2) is 65.8 Å². The Morgan fingerprint density at radius 2 is 2.14 bits per heavy atom. The summed E-state index contributed by atoms with van der Waals surface area (Å²) in [6.07, 6.45) is 7.06. The van der Waals surface area contributed by atoms with Crippen molar-refractivity contribution in [1.82, 2.24) is 19.9 Å². The van der Waals surface area contributed by atoms with Gasteiger partial charge in [0.1, 0.15) is 12.1 Å². The maximum Gasteiger partial charge on any atom is 0.227 e. The zero-order valence-electron chi connectivity index (χ0n) is 15.0. The summed E-state index contributed by atoms with van der Waals surface area (Å²) in [7, 11) is 0. The molecule has 0 unspecified atom stereocenters. The van der Waals surface area contributed by atoms with E-state index in [-0.39, 0.29) is 24.2 Å². The molecule has 0 aliphatic carbocycles. The van der Waals surface area contributed by atoms with Crippen LogP contribution in [0.3, 0.4) is 0 Å². The van der Waals surface area contributed by atoms with Crippen LogP contribution in [0.5, 0.6) is 0 Å². The minimum atomic E-state index is -0.375. The third-order valence-corrected chi connectivity index (χ3v) is 5.18. The molecule has 0 radical (unpaired) electrons. The molecule has 2 aromatic heterocycles. The van der Waals surface area contributed by atoms with E-state index in [0.29, 0.717) is 13.1 Å². The van der Waals surface area contributed by atoms with Crippen LogP contribution in [0.1, 0.15) is 12.0 Å². The molecule has 0 saturated carbocycles. The summed E-state index contributed by atoms with van der Waals surface area (Å²) in [5.41, 5.74) is 1.67. The van der Waals surface area contributed by atoms with Crippen LogP contribution >= 0.6 is 15.9 Å². The smallest absolute Gasteiger partial charge is 0.227 e. The van der Waals surface area contributed by atoms with Crippen molar-refractivity contribution in [1.29, 1.82) is 0 Å². The minimum Gasteiger partial charge on any atom is -0.352 e. The third-order valence-electron chi connectivity index (χ3n) is 4.69. The number of benzene rings is 1. The topological polar surface area (TPSA) is 80.1 Å². The number of rotatable bonds is 5. The van der Waals surface area contributed by atoms with Gasteiger partial charge in [-0.15, -0.1) is 0 Å². The first-order valence-corrected chi connectivity index (χ1v) is 9.67. The Morgan fingerprint density at radius 1 is 1.25 bits per heavy atom. The standard InChI is InChI=1S/C20H18BrN5O2/c21-16-4-1-5-17(10-16)26-12-15(9-18(26)27)20(28)24-11-14-3-2-6-23-19(14)25-8-7-22-13-25/h1-8,10,13,15H,9,11-12H2,(H,24,28)/t15-/m1/s1. The quantitative estimate of drug-likeness (QED) is 0.662. The monoisotopic (exact) mass is 439 g/mol. The van der Waals surface area contributed by atoms with Crippen molar-refractivity contribution >= 4 is 33.4 Å². The van der Waals surface area contributed by atoms with Crippen molar-refractivity contribution in [3.8, 4) is 5.82 Å². The number of anilines is 1. The Bertz CT molecular complexity index is 1010. The van der Waals surface area contributed by atoms with Gasteiger partial charge in [-0.3, -0.25) is 14.2 Å². The molecule has 8 heteroatoms. The summed E-state index contributed by atoms with van der Waals surface area (Å²) >= 11 is 3.42. The molecule has 28 heavy (non-hydrogen) atoms. The number of nitrogens with zero attached hydrogens (tertiary/aromatic N) is 4. The Balaban J connectivity index is 1.42. The lowest BCUT2D eigenvalue weighted by Gasteiger charge is -2.17. The number of nitrogens with one attached hydrogen (secondary N) is 1. The SMILES string of the molecule is O=C(NCc1cccnc1-n1ccnc1)[C@@H]1CC(=O)N(c2cccc(Br)c2)C1. The van der Waals surface area contributed by atoms with Gasteiger partial charge in [-0.1, -0.05) is 28.1 Å². The van der Waals surface area contributed by atoms with E-state index >= 15 is 0 Å². The lowest BCUT2D eigenvalue weighted by Crippen LogP contribution is -2.32. The number of imidazole rings is 1. The largest absolute Gasteiger partial charge is 0.352 e. The predicted octanol–water partition coefficient (Wildman–Crippen LogP) is 2.70. The summed E-state index contributed by atoms with van der Waals surface area (Å²) < 4.78 is 2.70. The Hall–Kier alpha value is -3.00. The van der Waals surface area contributed by atoms with Crippen molar-refractivity contribution in [3.63, 3.8) is 0 Å². The Labute approximate surface area is 170 Å². The van der Waals surface area contributed by atoms with Crippen LogP contribution < -0.4 is 10.2 Å². The number of halogens is 1. The molecule has 142 valence electrons. The van der Waals surface area contributed by atoms with Gasteiger partial charge in [-0.2, -0.15) is 0 Å². The van der Waals surface area contributed by atoms with E-state index in [4.69, 9.17) is 0 Å². The van der Waals surface area contributed by atoms with Gasteiger partial charge in [0.05, 0.1) is 5.92 Å².